The summed E-state index contributed by atoms with van der Waals surface area (Å²) in [5, 5.41) is 0. The molecule has 0 aromatic heterocycles. The Hall–Kier alpha value is -0.0800. The second-order valence-corrected chi connectivity index (χ2v) is 6.52. The summed E-state index contributed by atoms with van der Waals surface area (Å²) in [5.74, 6) is 0.989. The second kappa shape index (κ2) is 2.98. The first kappa shape index (κ1) is 10.1. The van der Waals surface area contributed by atoms with Gasteiger partial charge in [0.1, 0.15) is 0 Å². The molecular formula is C13H24N2. The molecule has 2 N–H and O–H groups in total. The highest BCUT2D eigenvalue weighted by Gasteiger charge is 2.58. The maximum absolute atomic E-state index is 6.10. The van der Waals surface area contributed by atoms with Crippen molar-refractivity contribution in [2.75, 3.05) is 13.1 Å². The van der Waals surface area contributed by atoms with E-state index in [9.17, 15) is 0 Å². The SMILES string of the molecule is CC1(C(C)(CN)N2CC3CCC2C3)CC1. The van der Waals surface area contributed by atoms with Crippen LogP contribution in [0.15, 0.2) is 0 Å². The average Bonchev–Trinajstić information content (AvgIpc) is 2.73. The van der Waals surface area contributed by atoms with Crippen molar-refractivity contribution in [3.63, 3.8) is 0 Å². The lowest BCUT2D eigenvalue weighted by Crippen LogP contribution is -2.59. The van der Waals surface area contributed by atoms with Crippen LogP contribution in [-0.4, -0.2) is 29.6 Å². The molecule has 15 heavy (non-hydrogen) atoms. The molecule has 2 bridgehead atoms. The molecule has 3 aliphatic rings. The lowest BCUT2D eigenvalue weighted by molar-refractivity contribution is 0.0211. The van der Waals surface area contributed by atoms with Gasteiger partial charge in [0.25, 0.3) is 0 Å². The van der Waals surface area contributed by atoms with E-state index in [2.05, 4.69) is 18.7 Å². The normalized spacial score (nSPS) is 41.8. The van der Waals surface area contributed by atoms with Gasteiger partial charge in [0, 0.05) is 24.7 Å². The van der Waals surface area contributed by atoms with Gasteiger partial charge in [-0.05, 0) is 50.4 Å². The Labute approximate surface area is 93.2 Å². The number of piperidine rings is 1. The van der Waals surface area contributed by atoms with Crippen molar-refractivity contribution in [3.05, 3.63) is 0 Å². The van der Waals surface area contributed by atoms with E-state index < -0.39 is 0 Å². The van der Waals surface area contributed by atoms with Gasteiger partial charge in [-0.3, -0.25) is 4.90 Å². The first-order valence-electron chi connectivity index (χ1n) is 6.56. The summed E-state index contributed by atoms with van der Waals surface area (Å²) in [4.78, 5) is 2.77. The standard InChI is InChI=1S/C13H24N2/c1-12(5-6-12)13(2,9-14)15-8-10-3-4-11(15)7-10/h10-11H,3-9,14H2,1-2H3. The Bertz CT molecular complexity index is 272. The molecule has 0 amide bonds. The molecule has 0 aromatic rings. The highest BCUT2D eigenvalue weighted by atomic mass is 15.3. The van der Waals surface area contributed by atoms with Crippen LogP contribution in [0, 0.1) is 11.3 Å². The van der Waals surface area contributed by atoms with E-state index in [4.69, 9.17) is 5.73 Å². The van der Waals surface area contributed by atoms with Crippen LogP contribution in [0.2, 0.25) is 0 Å². The van der Waals surface area contributed by atoms with Gasteiger partial charge in [0.05, 0.1) is 0 Å². The van der Waals surface area contributed by atoms with Gasteiger partial charge in [0.15, 0.2) is 0 Å². The quantitative estimate of drug-likeness (QED) is 0.768. The second-order valence-electron chi connectivity index (χ2n) is 6.52. The first-order valence-corrected chi connectivity index (χ1v) is 6.56. The lowest BCUT2D eigenvalue weighted by Gasteiger charge is -2.47. The lowest BCUT2D eigenvalue weighted by atomic mass is 9.81. The van der Waals surface area contributed by atoms with E-state index in [-0.39, 0.29) is 5.54 Å². The summed E-state index contributed by atoms with van der Waals surface area (Å²) >= 11 is 0. The third-order valence-electron chi connectivity index (χ3n) is 5.74. The molecule has 2 nitrogen and oxygen atoms in total. The average molecular weight is 208 g/mol. The molecule has 2 saturated carbocycles. The minimum absolute atomic E-state index is 0.285. The van der Waals surface area contributed by atoms with Crippen LogP contribution in [0.1, 0.15) is 46.0 Å². The molecule has 1 aliphatic heterocycles. The number of nitrogens with two attached hydrogens (primary N) is 1. The Balaban J connectivity index is 1.85. The zero-order chi connectivity index (χ0) is 10.7. The van der Waals surface area contributed by atoms with Crippen molar-refractivity contribution in [2.45, 2.75) is 57.5 Å². The summed E-state index contributed by atoms with van der Waals surface area (Å²) in [6, 6.07) is 0.862. The van der Waals surface area contributed by atoms with Crippen molar-refractivity contribution < 1.29 is 0 Å². The molecule has 86 valence electrons. The number of hydrogen-bond donors (Lipinski definition) is 1. The molecule has 3 atom stereocenters. The third-order valence-corrected chi connectivity index (χ3v) is 5.74. The zero-order valence-corrected chi connectivity index (χ0v) is 10.1. The van der Waals surface area contributed by atoms with Gasteiger partial charge < -0.3 is 5.73 Å². The fourth-order valence-electron chi connectivity index (χ4n) is 3.97. The van der Waals surface area contributed by atoms with Gasteiger partial charge in [-0.1, -0.05) is 6.92 Å². The monoisotopic (exact) mass is 208 g/mol. The Morgan fingerprint density at radius 2 is 2.13 bits per heavy atom. The number of hydrogen-bond acceptors (Lipinski definition) is 2. The summed E-state index contributed by atoms with van der Waals surface area (Å²) in [7, 11) is 0. The van der Waals surface area contributed by atoms with Crippen molar-refractivity contribution in [1.29, 1.82) is 0 Å². The van der Waals surface area contributed by atoms with Crippen molar-refractivity contribution in [1.82, 2.24) is 4.90 Å². The molecule has 2 aliphatic carbocycles. The van der Waals surface area contributed by atoms with Gasteiger partial charge in [0.2, 0.25) is 0 Å². The van der Waals surface area contributed by atoms with Crippen LogP contribution in [0.4, 0.5) is 0 Å². The largest absolute Gasteiger partial charge is 0.329 e. The summed E-state index contributed by atoms with van der Waals surface area (Å²) in [5.41, 5.74) is 6.91. The maximum Gasteiger partial charge on any atom is 0.0360 e. The molecule has 0 aromatic carbocycles. The van der Waals surface area contributed by atoms with E-state index in [0.29, 0.717) is 5.41 Å². The minimum Gasteiger partial charge on any atom is -0.329 e. The topological polar surface area (TPSA) is 29.3 Å². The van der Waals surface area contributed by atoms with Gasteiger partial charge in [-0.25, -0.2) is 0 Å². The number of likely N-dealkylation sites (tertiary alicyclic amines) is 1. The Morgan fingerprint density at radius 1 is 1.40 bits per heavy atom. The highest BCUT2D eigenvalue weighted by molar-refractivity contribution is 5.13. The molecule has 2 heteroatoms. The van der Waals surface area contributed by atoms with Crippen LogP contribution in [-0.2, 0) is 0 Å². The molecule has 1 saturated heterocycles. The first-order chi connectivity index (χ1) is 7.09. The van der Waals surface area contributed by atoms with Gasteiger partial charge in [-0.2, -0.15) is 0 Å². The molecule has 3 fully saturated rings. The summed E-state index contributed by atoms with van der Waals surface area (Å²) in [6.07, 6.45) is 7.11. The van der Waals surface area contributed by atoms with Gasteiger partial charge in [-0.15, -0.1) is 0 Å². The highest BCUT2D eigenvalue weighted by Crippen LogP contribution is 2.58. The Kier molecular flexibility index (Phi) is 2.01. The van der Waals surface area contributed by atoms with E-state index >= 15 is 0 Å². The van der Waals surface area contributed by atoms with Crippen molar-refractivity contribution in [3.8, 4) is 0 Å². The summed E-state index contributed by atoms with van der Waals surface area (Å²) < 4.78 is 0. The van der Waals surface area contributed by atoms with Crippen molar-refractivity contribution >= 4 is 0 Å². The number of rotatable bonds is 3. The third kappa shape index (κ3) is 1.24. The molecular weight excluding hydrogens is 184 g/mol. The van der Waals surface area contributed by atoms with Crippen molar-refractivity contribution in [2.24, 2.45) is 17.1 Å². The zero-order valence-electron chi connectivity index (χ0n) is 10.1. The predicted molar refractivity (Wildman–Crippen MR) is 62.6 cm³/mol. The maximum atomic E-state index is 6.10. The molecule has 3 unspecified atom stereocenters. The molecule has 0 radical (unpaired) electrons. The number of fused-ring (bicyclic) bond motifs is 2. The smallest absolute Gasteiger partial charge is 0.0360 e. The van der Waals surface area contributed by atoms with Crippen LogP contribution in [0.3, 0.4) is 0 Å². The fourth-order valence-corrected chi connectivity index (χ4v) is 3.97. The molecule has 3 rings (SSSR count). The minimum atomic E-state index is 0.285. The van der Waals surface area contributed by atoms with Crippen LogP contribution < -0.4 is 5.73 Å². The van der Waals surface area contributed by atoms with Gasteiger partial charge >= 0.3 is 0 Å². The molecule has 0 spiro atoms. The molecule has 1 heterocycles. The predicted octanol–water partition coefficient (Wildman–Crippen LogP) is 1.99. The van der Waals surface area contributed by atoms with E-state index in [1.165, 1.54) is 38.6 Å². The fraction of sp³-hybridized carbons (Fsp3) is 1.00. The van der Waals surface area contributed by atoms with Crippen LogP contribution in [0.5, 0.6) is 0 Å². The van der Waals surface area contributed by atoms with Crippen LogP contribution >= 0.6 is 0 Å². The Morgan fingerprint density at radius 3 is 2.53 bits per heavy atom. The van der Waals surface area contributed by atoms with Crippen LogP contribution in [0.25, 0.3) is 0 Å². The van der Waals surface area contributed by atoms with E-state index in [1.54, 1.807) is 0 Å². The van der Waals surface area contributed by atoms with E-state index in [1.807, 2.05) is 0 Å². The number of nitrogens with zero attached hydrogens (tertiary/aromatic N) is 1. The van der Waals surface area contributed by atoms with E-state index in [0.717, 1.165) is 18.5 Å². The summed E-state index contributed by atoms with van der Waals surface area (Å²) in [6.45, 7) is 7.02.